The summed E-state index contributed by atoms with van der Waals surface area (Å²) in [5.41, 5.74) is 1.06. The standard InChI is InChI=1S/C9H7N.2H2O/c1-2-6-9-8(4-1)5-3-7-10-9;;/h1-7H;2*1H2. The van der Waals surface area contributed by atoms with Gasteiger partial charge < -0.3 is 11.0 Å². The Labute approximate surface area is 70.3 Å². The minimum Gasteiger partial charge on any atom is -0.412 e. The van der Waals surface area contributed by atoms with E-state index in [9.17, 15) is 0 Å². The fraction of sp³-hybridized carbons (Fsp3) is 0. The van der Waals surface area contributed by atoms with Crippen molar-refractivity contribution in [3.63, 3.8) is 0 Å². The molecule has 2 rings (SSSR count). The fourth-order valence-electron chi connectivity index (χ4n) is 1.02. The van der Waals surface area contributed by atoms with Crippen molar-refractivity contribution in [3.8, 4) is 0 Å². The molecule has 0 saturated heterocycles. The van der Waals surface area contributed by atoms with Gasteiger partial charge in [-0.15, -0.1) is 0 Å². The molecule has 0 radical (unpaired) electrons. The second kappa shape index (κ2) is 4.43. The summed E-state index contributed by atoms with van der Waals surface area (Å²) in [7, 11) is 0. The molecule has 1 aromatic carbocycles. The molecule has 0 fully saturated rings. The molecule has 3 heteroatoms. The first-order chi connectivity index (χ1) is 4.97. The molecule has 0 aliphatic rings. The van der Waals surface area contributed by atoms with Crippen molar-refractivity contribution < 1.29 is 11.0 Å². The zero-order chi connectivity index (χ0) is 6.81. The number of hydrogen-bond donors (Lipinski definition) is 0. The molecule has 0 unspecified atom stereocenters. The van der Waals surface area contributed by atoms with Gasteiger partial charge in [-0.1, -0.05) is 24.3 Å². The molecule has 0 aliphatic heterocycles. The number of aromatic nitrogens is 1. The molecular formula is C9H11NO2. The van der Waals surface area contributed by atoms with Crippen LogP contribution in [0.5, 0.6) is 0 Å². The third-order valence-electron chi connectivity index (χ3n) is 1.51. The van der Waals surface area contributed by atoms with Crippen LogP contribution in [0, 0.1) is 0 Å². The van der Waals surface area contributed by atoms with E-state index in [1.807, 2.05) is 30.5 Å². The number of pyridine rings is 1. The highest BCUT2D eigenvalue weighted by atomic mass is 16.0. The number of fused-ring (bicyclic) bond motifs is 1. The van der Waals surface area contributed by atoms with Crippen LogP contribution in [0.25, 0.3) is 10.9 Å². The Balaban J connectivity index is 0.000000605. The van der Waals surface area contributed by atoms with Crippen LogP contribution in [0.4, 0.5) is 0 Å². The first kappa shape index (κ1) is 10.6. The van der Waals surface area contributed by atoms with Crippen LogP contribution in [0.15, 0.2) is 42.6 Å². The lowest BCUT2D eigenvalue weighted by Gasteiger charge is -1.91. The molecule has 0 spiro atoms. The first-order valence-electron chi connectivity index (χ1n) is 3.26. The van der Waals surface area contributed by atoms with Crippen LogP contribution in [-0.2, 0) is 0 Å². The maximum Gasteiger partial charge on any atom is 0.0701 e. The lowest BCUT2D eigenvalue weighted by atomic mass is 10.2. The highest BCUT2D eigenvalue weighted by Crippen LogP contribution is 2.07. The van der Waals surface area contributed by atoms with Crippen LogP contribution in [0.3, 0.4) is 0 Å². The predicted octanol–water partition coefficient (Wildman–Crippen LogP) is 0.585. The number of rotatable bonds is 0. The lowest BCUT2D eigenvalue weighted by Crippen LogP contribution is -1.73. The van der Waals surface area contributed by atoms with Gasteiger partial charge in [0.05, 0.1) is 5.52 Å². The minimum absolute atomic E-state index is 0. The quantitative estimate of drug-likeness (QED) is 0.562. The second-order valence-corrected chi connectivity index (χ2v) is 2.20. The van der Waals surface area contributed by atoms with Gasteiger partial charge in [0.15, 0.2) is 0 Å². The van der Waals surface area contributed by atoms with E-state index < -0.39 is 0 Å². The van der Waals surface area contributed by atoms with E-state index in [4.69, 9.17) is 0 Å². The van der Waals surface area contributed by atoms with Crippen LogP contribution in [0.1, 0.15) is 0 Å². The van der Waals surface area contributed by atoms with E-state index in [0.717, 1.165) is 5.52 Å². The third kappa shape index (κ3) is 1.78. The average Bonchev–Trinajstić information content (AvgIpc) is 2.05. The highest BCUT2D eigenvalue weighted by Gasteiger charge is 1.86. The van der Waals surface area contributed by atoms with Crippen LogP contribution < -0.4 is 0 Å². The van der Waals surface area contributed by atoms with Crippen LogP contribution in [0.2, 0.25) is 0 Å². The lowest BCUT2D eigenvalue weighted by molar-refractivity contribution is 0.823. The number of hydrogen-bond acceptors (Lipinski definition) is 1. The van der Waals surface area contributed by atoms with Gasteiger partial charge in [0, 0.05) is 11.6 Å². The summed E-state index contributed by atoms with van der Waals surface area (Å²) in [4.78, 5) is 4.18. The Morgan fingerprint density at radius 2 is 1.50 bits per heavy atom. The molecule has 0 atom stereocenters. The summed E-state index contributed by atoms with van der Waals surface area (Å²) >= 11 is 0. The smallest absolute Gasteiger partial charge is 0.0701 e. The van der Waals surface area contributed by atoms with E-state index in [1.165, 1.54) is 5.39 Å². The van der Waals surface area contributed by atoms with E-state index in [1.54, 1.807) is 0 Å². The second-order valence-electron chi connectivity index (χ2n) is 2.20. The summed E-state index contributed by atoms with van der Waals surface area (Å²) in [6, 6.07) is 12.1. The molecule has 1 heterocycles. The van der Waals surface area contributed by atoms with Gasteiger partial charge in [-0.25, -0.2) is 0 Å². The van der Waals surface area contributed by atoms with Gasteiger partial charge in [-0.2, -0.15) is 0 Å². The van der Waals surface area contributed by atoms with Crippen molar-refractivity contribution >= 4 is 10.9 Å². The Hall–Kier alpha value is -1.45. The number of nitrogens with zero attached hydrogens (tertiary/aromatic N) is 1. The van der Waals surface area contributed by atoms with Gasteiger partial charge in [-0.3, -0.25) is 4.98 Å². The number of benzene rings is 1. The molecule has 1 aromatic heterocycles. The molecule has 3 nitrogen and oxygen atoms in total. The van der Waals surface area contributed by atoms with Gasteiger partial charge in [0.1, 0.15) is 0 Å². The molecule has 0 saturated carbocycles. The minimum atomic E-state index is 0. The average molecular weight is 165 g/mol. The van der Waals surface area contributed by atoms with Gasteiger partial charge in [0.2, 0.25) is 0 Å². The normalized spacial score (nSPS) is 8.33. The van der Waals surface area contributed by atoms with Gasteiger partial charge in [-0.05, 0) is 12.1 Å². The molecule has 64 valence electrons. The topological polar surface area (TPSA) is 75.9 Å². The van der Waals surface area contributed by atoms with Gasteiger partial charge in [0.25, 0.3) is 0 Å². The Bertz CT molecular complexity index is 284. The zero-order valence-electron chi connectivity index (χ0n) is 6.49. The summed E-state index contributed by atoms with van der Waals surface area (Å²) < 4.78 is 0. The molecular weight excluding hydrogens is 154 g/mol. The van der Waals surface area contributed by atoms with Crippen molar-refractivity contribution in [3.05, 3.63) is 42.6 Å². The molecule has 0 aliphatic carbocycles. The highest BCUT2D eigenvalue weighted by molar-refractivity contribution is 5.77. The van der Waals surface area contributed by atoms with E-state index >= 15 is 0 Å². The Morgan fingerprint density at radius 3 is 2.25 bits per heavy atom. The monoisotopic (exact) mass is 165 g/mol. The summed E-state index contributed by atoms with van der Waals surface area (Å²) in [5, 5.41) is 1.20. The number of para-hydroxylation sites is 1. The van der Waals surface area contributed by atoms with Crippen molar-refractivity contribution in [2.75, 3.05) is 0 Å². The summed E-state index contributed by atoms with van der Waals surface area (Å²) in [5.74, 6) is 0. The molecule has 4 N–H and O–H groups in total. The molecule has 12 heavy (non-hydrogen) atoms. The zero-order valence-corrected chi connectivity index (χ0v) is 6.49. The molecule has 0 amide bonds. The van der Waals surface area contributed by atoms with Crippen molar-refractivity contribution in [2.24, 2.45) is 0 Å². The maximum absolute atomic E-state index is 4.18. The largest absolute Gasteiger partial charge is 0.412 e. The first-order valence-corrected chi connectivity index (χ1v) is 3.26. The molecule has 2 aromatic rings. The fourth-order valence-corrected chi connectivity index (χ4v) is 1.02. The van der Waals surface area contributed by atoms with Crippen molar-refractivity contribution in [1.82, 2.24) is 4.98 Å². The van der Waals surface area contributed by atoms with Crippen LogP contribution in [-0.4, -0.2) is 15.9 Å². The third-order valence-corrected chi connectivity index (χ3v) is 1.51. The van der Waals surface area contributed by atoms with Crippen molar-refractivity contribution in [1.29, 1.82) is 0 Å². The SMILES string of the molecule is O.O.c1ccc2ncccc2c1. The van der Waals surface area contributed by atoms with E-state index in [-0.39, 0.29) is 11.0 Å². The van der Waals surface area contributed by atoms with E-state index in [0.29, 0.717) is 0 Å². The maximum atomic E-state index is 4.18. The van der Waals surface area contributed by atoms with Crippen molar-refractivity contribution in [2.45, 2.75) is 0 Å². The Morgan fingerprint density at radius 1 is 0.833 bits per heavy atom. The summed E-state index contributed by atoms with van der Waals surface area (Å²) in [6.07, 6.45) is 1.81. The van der Waals surface area contributed by atoms with Crippen LogP contribution >= 0.6 is 0 Å². The van der Waals surface area contributed by atoms with E-state index in [2.05, 4.69) is 17.1 Å². The summed E-state index contributed by atoms with van der Waals surface area (Å²) in [6.45, 7) is 0. The van der Waals surface area contributed by atoms with Gasteiger partial charge >= 0.3 is 0 Å². The Kier molecular flexibility index (Phi) is 3.90. The predicted molar refractivity (Wildman–Crippen MR) is 49.0 cm³/mol. The molecule has 0 bridgehead atoms.